The van der Waals surface area contributed by atoms with E-state index in [1.54, 1.807) is 7.11 Å². The van der Waals surface area contributed by atoms with Gasteiger partial charge in [-0.15, -0.1) is 0 Å². The second kappa shape index (κ2) is 7.29. The van der Waals surface area contributed by atoms with Crippen molar-refractivity contribution in [2.24, 2.45) is 0 Å². The lowest BCUT2D eigenvalue weighted by Crippen LogP contribution is -2.31. The van der Waals surface area contributed by atoms with Crippen molar-refractivity contribution in [3.05, 3.63) is 29.8 Å². The summed E-state index contributed by atoms with van der Waals surface area (Å²) in [6.45, 7) is 5.54. The fourth-order valence-electron chi connectivity index (χ4n) is 1.76. The molecule has 0 radical (unpaired) electrons. The van der Waals surface area contributed by atoms with Crippen molar-refractivity contribution in [1.29, 1.82) is 0 Å². The lowest BCUT2D eigenvalue weighted by molar-refractivity contribution is 0.414. The highest BCUT2D eigenvalue weighted by Gasteiger charge is 2.05. The summed E-state index contributed by atoms with van der Waals surface area (Å²) in [6, 6.07) is 8.95. The van der Waals surface area contributed by atoms with Crippen molar-refractivity contribution in [3.63, 3.8) is 0 Å². The average Bonchev–Trinajstić information content (AvgIpc) is 2.35. The summed E-state index contributed by atoms with van der Waals surface area (Å²) in [7, 11) is 1.70. The van der Waals surface area contributed by atoms with Crippen LogP contribution < -0.4 is 10.1 Å². The predicted octanol–water partition coefficient (Wildman–Crippen LogP) is 3.02. The molecule has 1 aromatic carbocycles. The van der Waals surface area contributed by atoms with Crippen LogP contribution in [-0.4, -0.2) is 19.7 Å². The predicted molar refractivity (Wildman–Crippen MR) is 69.1 cm³/mol. The maximum absolute atomic E-state index is 5.15. The van der Waals surface area contributed by atoms with Crippen molar-refractivity contribution < 1.29 is 4.74 Å². The van der Waals surface area contributed by atoms with Crippen LogP contribution in [0.4, 0.5) is 0 Å². The Balaban J connectivity index is 2.49. The van der Waals surface area contributed by atoms with Crippen LogP contribution in [0, 0.1) is 0 Å². The van der Waals surface area contributed by atoms with E-state index in [0.717, 1.165) is 18.7 Å². The number of ether oxygens (including phenoxy) is 1. The molecule has 0 heterocycles. The molecule has 0 aromatic heterocycles. The maximum atomic E-state index is 5.15. The molecule has 16 heavy (non-hydrogen) atoms. The van der Waals surface area contributed by atoms with E-state index in [1.165, 1.54) is 18.4 Å². The number of hydrogen-bond donors (Lipinski definition) is 1. The van der Waals surface area contributed by atoms with E-state index in [9.17, 15) is 0 Å². The van der Waals surface area contributed by atoms with E-state index < -0.39 is 0 Å². The Bertz CT molecular complexity index is 281. The number of rotatable bonds is 7. The molecule has 90 valence electrons. The van der Waals surface area contributed by atoms with Crippen LogP contribution in [0.5, 0.6) is 5.75 Å². The van der Waals surface area contributed by atoms with Gasteiger partial charge in [-0.2, -0.15) is 0 Å². The van der Waals surface area contributed by atoms with E-state index in [2.05, 4.69) is 31.3 Å². The van der Waals surface area contributed by atoms with Crippen molar-refractivity contribution >= 4 is 0 Å². The first kappa shape index (κ1) is 13.0. The molecule has 0 aliphatic rings. The summed E-state index contributed by atoms with van der Waals surface area (Å²) in [4.78, 5) is 0. The Hall–Kier alpha value is -1.02. The lowest BCUT2D eigenvalue weighted by Gasteiger charge is -2.16. The first-order valence-corrected chi connectivity index (χ1v) is 6.16. The van der Waals surface area contributed by atoms with Crippen molar-refractivity contribution in [1.82, 2.24) is 5.32 Å². The van der Waals surface area contributed by atoms with Gasteiger partial charge in [0.25, 0.3) is 0 Å². The zero-order chi connectivity index (χ0) is 11.8. The minimum atomic E-state index is 0.591. The van der Waals surface area contributed by atoms with Crippen LogP contribution in [0.1, 0.15) is 32.3 Å². The first-order chi connectivity index (χ1) is 7.80. The Labute approximate surface area is 99.0 Å². The Morgan fingerprint density at radius 3 is 2.38 bits per heavy atom. The van der Waals surface area contributed by atoms with E-state index >= 15 is 0 Å². The minimum Gasteiger partial charge on any atom is -0.497 e. The second-order valence-electron chi connectivity index (χ2n) is 4.11. The van der Waals surface area contributed by atoms with Crippen molar-refractivity contribution in [2.45, 2.75) is 39.2 Å². The topological polar surface area (TPSA) is 21.3 Å². The molecule has 0 aliphatic carbocycles. The Morgan fingerprint density at radius 2 is 1.88 bits per heavy atom. The average molecular weight is 221 g/mol. The molecule has 0 fully saturated rings. The summed E-state index contributed by atoms with van der Waals surface area (Å²) in [5.74, 6) is 0.929. The molecular weight excluding hydrogens is 198 g/mol. The highest BCUT2D eigenvalue weighted by atomic mass is 16.5. The van der Waals surface area contributed by atoms with Crippen LogP contribution in [-0.2, 0) is 6.42 Å². The SMILES string of the molecule is CCCNC(CC)Cc1ccc(OC)cc1. The summed E-state index contributed by atoms with van der Waals surface area (Å²) in [5.41, 5.74) is 1.37. The summed E-state index contributed by atoms with van der Waals surface area (Å²) >= 11 is 0. The van der Waals surface area contributed by atoms with Gasteiger partial charge in [-0.25, -0.2) is 0 Å². The Kier molecular flexibility index (Phi) is 5.94. The number of methoxy groups -OCH3 is 1. The number of nitrogens with one attached hydrogen (secondary N) is 1. The fraction of sp³-hybridized carbons (Fsp3) is 0.571. The summed E-state index contributed by atoms with van der Waals surface area (Å²) in [6.07, 6.45) is 3.46. The lowest BCUT2D eigenvalue weighted by atomic mass is 10.0. The zero-order valence-electron chi connectivity index (χ0n) is 10.6. The largest absolute Gasteiger partial charge is 0.497 e. The molecule has 1 N–H and O–H groups in total. The summed E-state index contributed by atoms with van der Waals surface area (Å²) in [5, 5.41) is 3.56. The molecular formula is C14H23NO. The monoisotopic (exact) mass is 221 g/mol. The minimum absolute atomic E-state index is 0.591. The highest BCUT2D eigenvalue weighted by molar-refractivity contribution is 5.27. The van der Waals surface area contributed by atoms with Gasteiger partial charge in [0, 0.05) is 6.04 Å². The number of hydrogen-bond acceptors (Lipinski definition) is 2. The first-order valence-electron chi connectivity index (χ1n) is 6.16. The van der Waals surface area contributed by atoms with Gasteiger partial charge in [0.1, 0.15) is 5.75 Å². The van der Waals surface area contributed by atoms with Gasteiger partial charge in [-0.3, -0.25) is 0 Å². The van der Waals surface area contributed by atoms with Gasteiger partial charge < -0.3 is 10.1 Å². The third-order valence-electron chi connectivity index (χ3n) is 2.82. The van der Waals surface area contributed by atoms with Gasteiger partial charge in [-0.05, 0) is 43.5 Å². The second-order valence-corrected chi connectivity index (χ2v) is 4.11. The van der Waals surface area contributed by atoms with E-state index in [0.29, 0.717) is 6.04 Å². The molecule has 0 bridgehead atoms. The molecule has 1 unspecified atom stereocenters. The standard InChI is InChI=1S/C14H23NO/c1-4-10-15-13(5-2)11-12-6-8-14(16-3)9-7-12/h6-9,13,15H,4-5,10-11H2,1-3H3. The quantitative estimate of drug-likeness (QED) is 0.764. The number of benzene rings is 1. The molecule has 1 atom stereocenters. The third-order valence-corrected chi connectivity index (χ3v) is 2.82. The third kappa shape index (κ3) is 4.23. The van der Waals surface area contributed by atoms with E-state index in [1.807, 2.05) is 12.1 Å². The molecule has 2 heteroatoms. The molecule has 0 aliphatic heterocycles. The Morgan fingerprint density at radius 1 is 1.19 bits per heavy atom. The van der Waals surface area contributed by atoms with Crippen molar-refractivity contribution in [3.8, 4) is 5.75 Å². The zero-order valence-corrected chi connectivity index (χ0v) is 10.6. The maximum Gasteiger partial charge on any atom is 0.118 e. The molecule has 0 amide bonds. The van der Waals surface area contributed by atoms with Crippen LogP contribution in [0.3, 0.4) is 0 Å². The van der Waals surface area contributed by atoms with Gasteiger partial charge in [0.15, 0.2) is 0 Å². The molecule has 1 rings (SSSR count). The molecule has 1 aromatic rings. The molecule has 0 saturated heterocycles. The van der Waals surface area contributed by atoms with Crippen molar-refractivity contribution in [2.75, 3.05) is 13.7 Å². The van der Waals surface area contributed by atoms with Crippen LogP contribution >= 0.6 is 0 Å². The van der Waals surface area contributed by atoms with Gasteiger partial charge in [0.05, 0.1) is 7.11 Å². The van der Waals surface area contributed by atoms with Crippen LogP contribution in [0.25, 0.3) is 0 Å². The molecule has 2 nitrogen and oxygen atoms in total. The van der Waals surface area contributed by atoms with E-state index in [-0.39, 0.29) is 0 Å². The van der Waals surface area contributed by atoms with Crippen LogP contribution in [0.15, 0.2) is 24.3 Å². The fourth-order valence-corrected chi connectivity index (χ4v) is 1.76. The van der Waals surface area contributed by atoms with Crippen LogP contribution in [0.2, 0.25) is 0 Å². The van der Waals surface area contributed by atoms with Gasteiger partial charge in [-0.1, -0.05) is 26.0 Å². The smallest absolute Gasteiger partial charge is 0.118 e. The van der Waals surface area contributed by atoms with E-state index in [4.69, 9.17) is 4.74 Å². The summed E-state index contributed by atoms with van der Waals surface area (Å²) < 4.78 is 5.15. The van der Waals surface area contributed by atoms with Gasteiger partial charge >= 0.3 is 0 Å². The molecule has 0 saturated carbocycles. The molecule has 0 spiro atoms. The normalized spacial score (nSPS) is 12.4. The highest BCUT2D eigenvalue weighted by Crippen LogP contribution is 2.13. The van der Waals surface area contributed by atoms with Gasteiger partial charge in [0.2, 0.25) is 0 Å².